The smallest absolute Gasteiger partial charge is 0.446 e. The van der Waals surface area contributed by atoms with Gasteiger partial charge < -0.3 is 29.6 Å². The summed E-state index contributed by atoms with van der Waals surface area (Å²) in [6.45, 7) is 14.8. The second-order valence-electron chi connectivity index (χ2n) is 18.5. The lowest BCUT2D eigenvalue weighted by molar-refractivity contribution is -0.0328. The van der Waals surface area contributed by atoms with E-state index < -0.39 is 23.1 Å². The minimum atomic E-state index is -4.55. The highest BCUT2D eigenvalue weighted by Crippen LogP contribution is 2.44. The number of benzene rings is 3. The Morgan fingerprint density at radius 1 is 0.985 bits per heavy atom. The summed E-state index contributed by atoms with van der Waals surface area (Å²) in [7, 11) is 1.61. The molecule has 0 spiro atoms. The van der Waals surface area contributed by atoms with Crippen LogP contribution in [0, 0.1) is 5.41 Å². The third kappa shape index (κ3) is 13.5. The number of amides is 2. The fourth-order valence-electron chi connectivity index (χ4n) is 8.03. The lowest BCUT2D eigenvalue weighted by Crippen LogP contribution is -2.47. The van der Waals surface area contributed by atoms with Gasteiger partial charge in [0.15, 0.2) is 0 Å². The fraction of sp³-hybridized carbons (Fsp3) is 0.408. The normalized spacial score (nSPS) is 15.8. The highest BCUT2D eigenvalue weighted by Gasteiger charge is 2.32. The van der Waals surface area contributed by atoms with Crippen molar-refractivity contribution in [1.82, 2.24) is 24.5 Å². The van der Waals surface area contributed by atoms with Crippen molar-refractivity contribution in [3.05, 3.63) is 107 Å². The van der Waals surface area contributed by atoms with Crippen molar-refractivity contribution in [2.45, 2.75) is 81.2 Å². The van der Waals surface area contributed by atoms with Crippen molar-refractivity contribution >= 4 is 75.3 Å². The zero-order valence-electron chi connectivity index (χ0n) is 38.1. The number of thioether (sulfide) groups is 1. The summed E-state index contributed by atoms with van der Waals surface area (Å²) in [6, 6.07) is 22.0. The SMILES string of the molecule is CN(CCCNc1ccc(SNC(=O)c2ccc(N3CCN(CC4=C(c5ccc(Cl)cc5)CC(C)(C)CC4)CC3)cc2Oc2cnc3[nH]ccc3c2)cc1SC(F)(F)F)C(=O)OC(C)(C)C. The topological polar surface area (TPSA) is 115 Å². The van der Waals surface area contributed by atoms with Crippen molar-refractivity contribution in [3.8, 4) is 11.5 Å². The Bertz CT molecular complexity index is 2540. The number of piperazine rings is 1. The Balaban J connectivity index is 1.03. The molecule has 1 saturated heterocycles. The van der Waals surface area contributed by atoms with E-state index in [1.54, 1.807) is 58.4 Å². The molecule has 0 unspecified atom stereocenters. The molecule has 0 radical (unpaired) electrons. The average Bonchev–Trinajstić information content (AvgIpc) is 3.73. The first kappa shape index (κ1) is 48.9. The van der Waals surface area contributed by atoms with Gasteiger partial charge >= 0.3 is 11.6 Å². The molecular weight excluding hydrogens is 907 g/mol. The van der Waals surface area contributed by atoms with Gasteiger partial charge in [0.25, 0.3) is 5.91 Å². The van der Waals surface area contributed by atoms with Crippen LogP contribution in [0.3, 0.4) is 0 Å². The number of carbonyl (C=O) groups is 2. The number of halogens is 4. The van der Waals surface area contributed by atoms with E-state index in [1.807, 2.05) is 36.4 Å². The van der Waals surface area contributed by atoms with E-state index in [4.69, 9.17) is 21.1 Å². The minimum Gasteiger partial charge on any atom is -0.455 e. The van der Waals surface area contributed by atoms with Gasteiger partial charge in [-0.25, -0.2) is 9.78 Å². The molecule has 0 saturated carbocycles. The number of hydrogen-bond acceptors (Lipinski definition) is 10. The van der Waals surface area contributed by atoms with Gasteiger partial charge in [0, 0.05) is 96.7 Å². The average molecular weight is 965 g/mol. The predicted octanol–water partition coefficient (Wildman–Crippen LogP) is 12.5. The summed E-state index contributed by atoms with van der Waals surface area (Å²) >= 11 is 6.92. The number of ether oxygens (including phenoxy) is 2. The van der Waals surface area contributed by atoms with E-state index >= 15 is 0 Å². The number of aromatic amines is 1. The number of carbonyl (C=O) groups excluding carboxylic acids is 2. The van der Waals surface area contributed by atoms with Crippen LogP contribution >= 0.6 is 35.3 Å². The van der Waals surface area contributed by atoms with Crippen molar-refractivity contribution in [3.63, 3.8) is 0 Å². The molecule has 66 heavy (non-hydrogen) atoms. The van der Waals surface area contributed by atoms with E-state index in [-0.39, 0.29) is 33.3 Å². The maximum absolute atomic E-state index is 13.9. The first-order valence-electron chi connectivity index (χ1n) is 22.0. The van der Waals surface area contributed by atoms with Crippen LogP contribution in [0.15, 0.2) is 101 Å². The summed E-state index contributed by atoms with van der Waals surface area (Å²) in [5, 5.41) is 4.65. The van der Waals surface area contributed by atoms with Crippen molar-refractivity contribution in [1.29, 1.82) is 0 Å². The van der Waals surface area contributed by atoms with E-state index in [9.17, 15) is 22.8 Å². The molecule has 352 valence electrons. The van der Waals surface area contributed by atoms with Crippen LogP contribution < -0.4 is 19.7 Å². The van der Waals surface area contributed by atoms with Gasteiger partial charge in [-0.15, -0.1) is 0 Å². The van der Waals surface area contributed by atoms with Crippen molar-refractivity contribution in [2.24, 2.45) is 5.41 Å². The maximum atomic E-state index is 13.9. The summed E-state index contributed by atoms with van der Waals surface area (Å²) in [6.07, 6.45) is 6.61. The molecule has 5 aromatic rings. The number of hydrogen-bond donors (Lipinski definition) is 3. The lowest BCUT2D eigenvalue weighted by atomic mass is 9.72. The Morgan fingerprint density at radius 2 is 1.74 bits per heavy atom. The molecule has 3 N–H and O–H groups in total. The van der Waals surface area contributed by atoms with E-state index in [0.717, 1.165) is 80.0 Å². The highest BCUT2D eigenvalue weighted by molar-refractivity contribution is 8.00. The van der Waals surface area contributed by atoms with Gasteiger partial charge in [-0.3, -0.25) is 14.4 Å². The predicted molar refractivity (Wildman–Crippen MR) is 261 cm³/mol. The molecule has 11 nitrogen and oxygen atoms in total. The number of pyridine rings is 1. The highest BCUT2D eigenvalue weighted by atomic mass is 35.5. The van der Waals surface area contributed by atoms with Crippen molar-refractivity contribution in [2.75, 3.05) is 63.1 Å². The summed E-state index contributed by atoms with van der Waals surface area (Å²) in [5.74, 6) is 0.279. The van der Waals surface area contributed by atoms with Crippen LogP contribution in [0.5, 0.6) is 11.5 Å². The van der Waals surface area contributed by atoms with Crippen LogP contribution in [-0.4, -0.2) is 95.7 Å². The molecule has 2 aromatic heterocycles. The zero-order chi connectivity index (χ0) is 47.2. The van der Waals surface area contributed by atoms with E-state index in [2.05, 4.69) is 55.8 Å². The molecular formula is C49H57ClF3N7O4S2. The number of nitrogens with zero attached hydrogens (tertiary/aromatic N) is 4. The second kappa shape index (κ2) is 20.9. The van der Waals surface area contributed by atoms with Crippen LogP contribution in [0.25, 0.3) is 16.6 Å². The second-order valence-corrected chi connectivity index (χ2v) is 20.9. The molecule has 0 bridgehead atoms. The Labute approximate surface area is 398 Å². The van der Waals surface area contributed by atoms with Crippen LogP contribution in [0.4, 0.5) is 29.3 Å². The van der Waals surface area contributed by atoms with Crippen LogP contribution in [0.2, 0.25) is 5.02 Å². The van der Waals surface area contributed by atoms with Crippen LogP contribution in [0.1, 0.15) is 76.2 Å². The van der Waals surface area contributed by atoms with Gasteiger partial charge in [-0.1, -0.05) is 43.2 Å². The first-order valence-corrected chi connectivity index (χ1v) is 24.0. The number of nitrogens with one attached hydrogen (secondary N) is 3. The third-order valence-corrected chi connectivity index (χ3v) is 13.3. The number of fused-ring (bicyclic) bond motifs is 1. The standard InChI is InChI=1S/C49H57ClF3N7O4S2/c1-47(2,3)64-46(62)58(6)21-7-19-54-41-15-13-38(28-43(41)65-49(51,52)53)66-57-45(61)39-14-12-36(27-42(39)63-37-26-33-17-20-55-44(33)56-30-37)60-24-22-59(23-25-60)31-34-16-18-48(4,5)29-40(34)32-8-10-35(50)11-9-32/h8-15,17,20,26-28,30,54H,7,16,18-19,21-25,29,31H2,1-6H3,(H,55,56)(H,57,61). The lowest BCUT2D eigenvalue weighted by Gasteiger charge is -2.39. The molecule has 1 aliphatic carbocycles. The molecule has 7 rings (SSSR count). The molecule has 2 amide bonds. The Morgan fingerprint density at radius 3 is 2.47 bits per heavy atom. The van der Waals surface area contributed by atoms with Gasteiger partial charge in [-0.05, 0) is 141 Å². The number of alkyl halides is 3. The Hall–Kier alpha value is -5.03. The number of anilines is 2. The third-order valence-electron chi connectivity index (χ3n) is 11.5. The molecule has 17 heteroatoms. The maximum Gasteiger partial charge on any atom is 0.446 e. The zero-order valence-corrected chi connectivity index (χ0v) is 40.5. The van der Waals surface area contributed by atoms with E-state index in [1.165, 1.54) is 27.7 Å². The van der Waals surface area contributed by atoms with Gasteiger partial charge in [0.05, 0.1) is 11.8 Å². The van der Waals surface area contributed by atoms with Crippen LogP contribution in [-0.2, 0) is 4.74 Å². The fourth-order valence-corrected chi connectivity index (χ4v) is 9.55. The molecule has 0 atom stereocenters. The monoisotopic (exact) mass is 963 g/mol. The Kier molecular flexibility index (Phi) is 15.5. The molecule has 3 heterocycles. The summed E-state index contributed by atoms with van der Waals surface area (Å²) < 4.78 is 55.9. The molecule has 2 aliphatic rings. The van der Waals surface area contributed by atoms with Gasteiger partial charge in [0.1, 0.15) is 22.7 Å². The first-order chi connectivity index (χ1) is 31.3. The number of allylic oxidation sites excluding steroid dienone is 1. The molecule has 3 aromatic carbocycles. The minimum absolute atomic E-state index is 0.0511. The number of aromatic nitrogens is 2. The number of H-pyrrole nitrogens is 1. The summed E-state index contributed by atoms with van der Waals surface area (Å²) in [4.78, 5) is 40.4. The van der Waals surface area contributed by atoms with Gasteiger partial charge in [-0.2, -0.15) is 13.2 Å². The number of rotatable bonds is 15. The van der Waals surface area contributed by atoms with Gasteiger partial charge in [0.2, 0.25) is 0 Å². The summed E-state index contributed by atoms with van der Waals surface area (Å²) in [5.41, 5.74) is 1.33. The quantitative estimate of drug-likeness (QED) is 0.0532. The largest absolute Gasteiger partial charge is 0.455 e. The molecule has 1 fully saturated rings. The molecule has 1 aliphatic heterocycles. The van der Waals surface area contributed by atoms with E-state index in [0.29, 0.717) is 41.6 Å². The van der Waals surface area contributed by atoms with Crippen molar-refractivity contribution < 1.29 is 32.2 Å².